The first-order valence-electron chi connectivity index (χ1n) is 7.72. The van der Waals surface area contributed by atoms with Gasteiger partial charge in [-0.2, -0.15) is 0 Å². The van der Waals surface area contributed by atoms with Gasteiger partial charge in [-0.15, -0.1) is 11.3 Å². The third kappa shape index (κ3) is 3.87. The van der Waals surface area contributed by atoms with Crippen molar-refractivity contribution in [2.75, 3.05) is 7.11 Å². The minimum atomic E-state index is -1.25. The zero-order valence-corrected chi connectivity index (χ0v) is 14.7. The first kappa shape index (κ1) is 17.6. The first-order valence-corrected chi connectivity index (χ1v) is 8.54. The zero-order chi connectivity index (χ0) is 18.5. The molecule has 0 aliphatic carbocycles. The van der Waals surface area contributed by atoms with Gasteiger partial charge in [0.15, 0.2) is 0 Å². The predicted octanol–water partition coefficient (Wildman–Crippen LogP) is 3.13. The van der Waals surface area contributed by atoms with Gasteiger partial charge in [-0.25, -0.2) is 9.78 Å². The number of aromatic nitrogens is 1. The van der Waals surface area contributed by atoms with Gasteiger partial charge in [-0.3, -0.25) is 0 Å². The molecule has 0 N–H and O–H groups in total. The second-order valence-electron chi connectivity index (χ2n) is 5.33. The number of thiazole rings is 1. The van der Waals surface area contributed by atoms with E-state index in [0.717, 1.165) is 22.5 Å². The van der Waals surface area contributed by atoms with Crippen LogP contribution in [-0.2, 0) is 4.74 Å². The molecular formula is C20H14NO4S-. The second kappa shape index (κ2) is 7.76. The molecule has 6 heteroatoms. The molecule has 0 bridgehead atoms. The number of carbonyl (C=O) groups excluding carboxylic acids is 2. The van der Waals surface area contributed by atoms with Gasteiger partial charge in [0.1, 0.15) is 5.01 Å². The molecule has 0 aliphatic heterocycles. The number of nitrogens with zero attached hydrogens (tertiary/aromatic N) is 1. The van der Waals surface area contributed by atoms with Gasteiger partial charge < -0.3 is 14.6 Å². The van der Waals surface area contributed by atoms with E-state index in [1.807, 2.05) is 18.2 Å². The monoisotopic (exact) mass is 364 g/mol. The molecule has 0 amide bonds. The maximum atomic E-state index is 11.4. The summed E-state index contributed by atoms with van der Waals surface area (Å²) in [5.74, 6) is -1.64. The van der Waals surface area contributed by atoms with E-state index in [1.165, 1.54) is 7.11 Å². The number of carboxylic acid groups (broad SMARTS) is 1. The van der Waals surface area contributed by atoms with Gasteiger partial charge in [-0.1, -0.05) is 48.5 Å². The summed E-state index contributed by atoms with van der Waals surface area (Å²) in [6, 6.07) is 16.0. The molecular weight excluding hydrogens is 350 g/mol. The van der Waals surface area contributed by atoms with Crippen molar-refractivity contribution in [3.63, 3.8) is 0 Å². The molecule has 26 heavy (non-hydrogen) atoms. The summed E-state index contributed by atoms with van der Waals surface area (Å²) in [6.45, 7) is 0. The maximum Gasteiger partial charge on any atom is 0.337 e. The van der Waals surface area contributed by atoms with Crippen LogP contribution in [0.15, 0.2) is 54.6 Å². The Kier molecular flexibility index (Phi) is 5.24. The van der Waals surface area contributed by atoms with Crippen molar-refractivity contribution in [1.29, 1.82) is 0 Å². The van der Waals surface area contributed by atoms with Crippen molar-refractivity contribution >= 4 is 35.4 Å². The highest BCUT2D eigenvalue weighted by Crippen LogP contribution is 2.28. The second-order valence-corrected chi connectivity index (χ2v) is 6.36. The standard InChI is InChI=1S/C20H15NO4S/c1-25-20(24)15-10-7-13(8-11-15)9-12-16-21-17(18(26-16)19(22)23)14-5-3-2-4-6-14/h2-12H,1H3,(H,22,23)/p-1/b12-9+. The molecule has 3 rings (SSSR count). The Morgan fingerprint density at radius 2 is 1.73 bits per heavy atom. The highest BCUT2D eigenvalue weighted by Gasteiger charge is 2.12. The van der Waals surface area contributed by atoms with Gasteiger partial charge in [0.05, 0.1) is 29.2 Å². The van der Waals surface area contributed by atoms with Crippen LogP contribution in [0.1, 0.15) is 30.6 Å². The number of benzene rings is 2. The van der Waals surface area contributed by atoms with Crippen LogP contribution in [0.2, 0.25) is 0 Å². The van der Waals surface area contributed by atoms with Crippen LogP contribution in [0.25, 0.3) is 23.4 Å². The van der Waals surface area contributed by atoms with E-state index in [9.17, 15) is 14.7 Å². The molecule has 0 saturated heterocycles. The maximum absolute atomic E-state index is 11.4. The highest BCUT2D eigenvalue weighted by molar-refractivity contribution is 7.14. The molecule has 1 aromatic heterocycles. The number of carboxylic acids is 1. The largest absolute Gasteiger partial charge is 0.544 e. The third-order valence-corrected chi connectivity index (χ3v) is 4.63. The lowest BCUT2D eigenvalue weighted by molar-refractivity contribution is -0.254. The molecule has 5 nitrogen and oxygen atoms in total. The third-order valence-electron chi connectivity index (χ3n) is 3.63. The van der Waals surface area contributed by atoms with Gasteiger partial charge >= 0.3 is 5.97 Å². The summed E-state index contributed by atoms with van der Waals surface area (Å²) in [6.07, 6.45) is 3.53. The first-order chi connectivity index (χ1) is 12.6. The van der Waals surface area contributed by atoms with E-state index in [-0.39, 0.29) is 4.88 Å². The summed E-state index contributed by atoms with van der Waals surface area (Å²) in [5.41, 5.74) is 2.44. The van der Waals surface area contributed by atoms with Crippen LogP contribution in [0.5, 0.6) is 0 Å². The van der Waals surface area contributed by atoms with E-state index < -0.39 is 11.9 Å². The van der Waals surface area contributed by atoms with Gasteiger partial charge in [0.2, 0.25) is 0 Å². The van der Waals surface area contributed by atoms with E-state index in [4.69, 9.17) is 0 Å². The van der Waals surface area contributed by atoms with Crippen LogP contribution in [-0.4, -0.2) is 24.0 Å². The lowest BCUT2D eigenvalue weighted by atomic mass is 10.1. The lowest BCUT2D eigenvalue weighted by Gasteiger charge is -2.01. The van der Waals surface area contributed by atoms with Crippen LogP contribution in [0.3, 0.4) is 0 Å². The molecule has 2 aromatic carbocycles. The van der Waals surface area contributed by atoms with Gasteiger partial charge in [-0.05, 0) is 23.8 Å². The van der Waals surface area contributed by atoms with Crippen LogP contribution >= 0.6 is 11.3 Å². The molecule has 3 aromatic rings. The van der Waals surface area contributed by atoms with Crippen molar-refractivity contribution in [3.8, 4) is 11.3 Å². The number of methoxy groups -OCH3 is 1. The number of carbonyl (C=O) groups is 2. The molecule has 0 fully saturated rings. The van der Waals surface area contributed by atoms with Crippen LogP contribution < -0.4 is 5.11 Å². The lowest BCUT2D eigenvalue weighted by Crippen LogP contribution is -2.21. The fourth-order valence-corrected chi connectivity index (χ4v) is 3.18. The Morgan fingerprint density at radius 3 is 2.35 bits per heavy atom. The number of esters is 1. The van der Waals surface area contributed by atoms with Crippen molar-refractivity contribution in [3.05, 3.63) is 75.6 Å². The van der Waals surface area contributed by atoms with Crippen molar-refractivity contribution in [2.45, 2.75) is 0 Å². The number of aromatic carboxylic acids is 1. The van der Waals surface area contributed by atoms with E-state index >= 15 is 0 Å². The average Bonchev–Trinajstić information content (AvgIpc) is 3.11. The van der Waals surface area contributed by atoms with Crippen molar-refractivity contribution in [1.82, 2.24) is 4.98 Å². The average molecular weight is 364 g/mol. The Bertz CT molecular complexity index is 959. The normalized spacial score (nSPS) is 10.8. The SMILES string of the molecule is COC(=O)c1ccc(/C=C/c2nc(-c3ccccc3)c(C(=O)[O-])s2)cc1. The smallest absolute Gasteiger partial charge is 0.337 e. The Hall–Kier alpha value is -3.25. The predicted molar refractivity (Wildman–Crippen MR) is 98.6 cm³/mol. The topological polar surface area (TPSA) is 79.3 Å². The summed E-state index contributed by atoms with van der Waals surface area (Å²) < 4.78 is 4.66. The molecule has 0 atom stereocenters. The fraction of sp³-hybridized carbons (Fsp3) is 0.0500. The number of ether oxygens (including phenoxy) is 1. The molecule has 0 radical (unpaired) electrons. The molecule has 0 unspecified atom stereocenters. The van der Waals surface area contributed by atoms with Crippen molar-refractivity contribution in [2.24, 2.45) is 0 Å². The molecule has 0 aliphatic rings. The molecule has 0 spiro atoms. The summed E-state index contributed by atoms with van der Waals surface area (Å²) >= 11 is 1.06. The Labute approximate surface area is 154 Å². The Morgan fingerprint density at radius 1 is 1.04 bits per heavy atom. The molecule has 1 heterocycles. The minimum Gasteiger partial charge on any atom is -0.544 e. The summed E-state index contributed by atoms with van der Waals surface area (Å²) in [7, 11) is 1.33. The number of hydrogen-bond acceptors (Lipinski definition) is 6. The number of hydrogen-bond donors (Lipinski definition) is 0. The van der Waals surface area contributed by atoms with E-state index in [1.54, 1.807) is 48.6 Å². The fourth-order valence-electron chi connectivity index (χ4n) is 2.35. The van der Waals surface area contributed by atoms with Crippen LogP contribution in [0, 0.1) is 0 Å². The summed E-state index contributed by atoms with van der Waals surface area (Å²) in [4.78, 5) is 27.3. The van der Waals surface area contributed by atoms with Gasteiger partial charge in [0.25, 0.3) is 0 Å². The van der Waals surface area contributed by atoms with E-state index in [0.29, 0.717) is 16.3 Å². The summed E-state index contributed by atoms with van der Waals surface area (Å²) in [5, 5.41) is 12.0. The zero-order valence-electron chi connectivity index (χ0n) is 13.8. The molecule has 0 saturated carbocycles. The minimum absolute atomic E-state index is 0.0943. The molecule has 130 valence electrons. The van der Waals surface area contributed by atoms with Gasteiger partial charge in [0, 0.05) is 5.56 Å². The van der Waals surface area contributed by atoms with Crippen LogP contribution in [0.4, 0.5) is 0 Å². The number of rotatable bonds is 5. The van der Waals surface area contributed by atoms with Crippen molar-refractivity contribution < 1.29 is 19.4 Å². The van der Waals surface area contributed by atoms with E-state index in [2.05, 4.69) is 9.72 Å². The Balaban J connectivity index is 1.87. The highest BCUT2D eigenvalue weighted by atomic mass is 32.1. The quantitative estimate of drug-likeness (QED) is 0.650.